The van der Waals surface area contributed by atoms with Crippen LogP contribution in [0.3, 0.4) is 0 Å². The van der Waals surface area contributed by atoms with Gasteiger partial charge in [0.2, 0.25) is 0 Å². The Morgan fingerprint density at radius 2 is 1.76 bits per heavy atom. The van der Waals surface area contributed by atoms with Crippen LogP contribution in [0.5, 0.6) is 11.5 Å². The number of hydrogen-bond donors (Lipinski definition) is 1. The molecule has 0 amide bonds. The fourth-order valence-electron chi connectivity index (χ4n) is 1.59. The van der Waals surface area contributed by atoms with Gasteiger partial charge in [0, 0.05) is 0 Å². The number of hydrogen-bond acceptors (Lipinski definition) is 3. The number of nitrogens with zero attached hydrogens (tertiary/aromatic N) is 1. The molecule has 108 valence electrons. The highest BCUT2D eigenvalue weighted by atomic mass is 79.9. The van der Waals surface area contributed by atoms with E-state index in [0.717, 1.165) is 18.2 Å². The first-order valence-corrected chi connectivity index (χ1v) is 6.45. The zero-order chi connectivity index (χ0) is 15.6. The highest BCUT2D eigenvalue weighted by molar-refractivity contribution is 9.10. The van der Waals surface area contributed by atoms with Crippen LogP contribution in [0.4, 0.5) is 18.9 Å². The van der Waals surface area contributed by atoms with Crippen molar-refractivity contribution in [3.05, 3.63) is 52.0 Å². The van der Waals surface area contributed by atoms with E-state index in [-0.39, 0.29) is 11.4 Å². The van der Waals surface area contributed by atoms with Crippen molar-refractivity contribution in [1.82, 2.24) is 0 Å². The molecule has 0 spiro atoms. The third-order valence-electron chi connectivity index (χ3n) is 2.62. The first-order chi connectivity index (χ1) is 9.81. The molecule has 7 heteroatoms. The molecule has 0 saturated heterocycles. The molecule has 21 heavy (non-hydrogen) atoms. The lowest BCUT2D eigenvalue weighted by Gasteiger charge is -2.12. The van der Waals surface area contributed by atoms with E-state index in [0.29, 0.717) is 15.8 Å². The molecule has 0 saturated carbocycles. The highest BCUT2D eigenvalue weighted by Gasteiger charge is 2.31. The summed E-state index contributed by atoms with van der Waals surface area (Å²) in [6, 6.07) is 9.41. The van der Waals surface area contributed by atoms with Crippen LogP contribution in [0.25, 0.3) is 0 Å². The van der Waals surface area contributed by atoms with Crippen LogP contribution in [0.2, 0.25) is 0 Å². The molecule has 0 atom stereocenters. The lowest BCUT2D eigenvalue weighted by Crippen LogP contribution is -2.06. The Morgan fingerprint density at radius 1 is 1.10 bits per heavy atom. The first-order valence-electron chi connectivity index (χ1n) is 5.65. The number of benzene rings is 2. The second-order valence-corrected chi connectivity index (χ2v) is 4.96. The van der Waals surface area contributed by atoms with Gasteiger partial charge in [-0.15, -0.1) is 0 Å². The van der Waals surface area contributed by atoms with Crippen molar-refractivity contribution in [2.45, 2.75) is 6.18 Å². The summed E-state index contributed by atoms with van der Waals surface area (Å²) < 4.78 is 43.6. The third-order valence-corrected chi connectivity index (χ3v) is 3.24. The van der Waals surface area contributed by atoms with E-state index >= 15 is 0 Å². The normalized spacial score (nSPS) is 11.0. The van der Waals surface area contributed by atoms with Gasteiger partial charge in [0.1, 0.15) is 11.5 Å². The molecular weight excluding hydrogens is 349 g/mol. The zero-order valence-electron chi connectivity index (χ0n) is 10.4. The standard InChI is InChI=1S/C14H8BrF3N2O/c15-10-5-8(7-19)1-3-12(10)21-13-4-2-9(6-11(13)20)14(16,17)18/h1-6H,20H2. The second kappa shape index (κ2) is 5.66. The van der Waals surface area contributed by atoms with Crippen LogP contribution in [0.1, 0.15) is 11.1 Å². The minimum atomic E-state index is -4.46. The Kier molecular flexibility index (Phi) is 4.09. The summed E-state index contributed by atoms with van der Waals surface area (Å²) in [4.78, 5) is 0. The Labute approximate surface area is 126 Å². The Balaban J connectivity index is 2.31. The quantitative estimate of drug-likeness (QED) is 0.792. The van der Waals surface area contributed by atoms with Gasteiger partial charge in [-0.2, -0.15) is 18.4 Å². The van der Waals surface area contributed by atoms with E-state index in [9.17, 15) is 13.2 Å². The van der Waals surface area contributed by atoms with Crippen LogP contribution in [0, 0.1) is 11.3 Å². The Hall–Kier alpha value is -2.20. The average molecular weight is 357 g/mol. The summed E-state index contributed by atoms with van der Waals surface area (Å²) in [6.07, 6.45) is -4.46. The number of nitrogen functional groups attached to an aromatic ring is 1. The van der Waals surface area contributed by atoms with Crippen LogP contribution in [-0.4, -0.2) is 0 Å². The number of halogens is 4. The van der Waals surface area contributed by atoms with Gasteiger partial charge < -0.3 is 10.5 Å². The number of anilines is 1. The number of nitriles is 1. The Morgan fingerprint density at radius 3 is 2.29 bits per heavy atom. The number of rotatable bonds is 2. The van der Waals surface area contributed by atoms with Crippen molar-refractivity contribution >= 4 is 21.6 Å². The molecule has 0 aromatic heterocycles. The number of ether oxygens (including phenoxy) is 1. The topological polar surface area (TPSA) is 59.0 Å². The Bertz CT molecular complexity index is 723. The van der Waals surface area contributed by atoms with Gasteiger partial charge in [-0.25, -0.2) is 0 Å². The van der Waals surface area contributed by atoms with Crippen LogP contribution < -0.4 is 10.5 Å². The van der Waals surface area contributed by atoms with Gasteiger partial charge in [0.25, 0.3) is 0 Å². The lowest BCUT2D eigenvalue weighted by atomic mass is 10.2. The fourth-order valence-corrected chi connectivity index (χ4v) is 2.05. The fraction of sp³-hybridized carbons (Fsp3) is 0.0714. The highest BCUT2D eigenvalue weighted by Crippen LogP contribution is 2.37. The number of alkyl halides is 3. The molecule has 0 heterocycles. The van der Waals surface area contributed by atoms with Gasteiger partial charge in [-0.3, -0.25) is 0 Å². The van der Waals surface area contributed by atoms with Crippen LogP contribution in [0.15, 0.2) is 40.9 Å². The minimum Gasteiger partial charge on any atom is -0.454 e. The predicted molar refractivity (Wildman–Crippen MR) is 74.8 cm³/mol. The zero-order valence-corrected chi connectivity index (χ0v) is 12.0. The summed E-state index contributed by atoms with van der Waals surface area (Å²) in [5, 5.41) is 8.76. The summed E-state index contributed by atoms with van der Waals surface area (Å²) in [5.41, 5.74) is 5.04. The summed E-state index contributed by atoms with van der Waals surface area (Å²) >= 11 is 3.22. The molecule has 2 aromatic rings. The maximum Gasteiger partial charge on any atom is 0.416 e. The molecule has 0 bridgehead atoms. The van der Waals surface area contributed by atoms with E-state index < -0.39 is 11.7 Å². The van der Waals surface area contributed by atoms with Gasteiger partial charge in [-0.1, -0.05) is 0 Å². The molecule has 0 aliphatic carbocycles. The first kappa shape index (κ1) is 15.2. The molecular formula is C14H8BrF3N2O. The SMILES string of the molecule is N#Cc1ccc(Oc2ccc(C(F)(F)F)cc2N)c(Br)c1. The van der Waals surface area contributed by atoms with Crippen molar-refractivity contribution in [3.8, 4) is 17.6 Å². The van der Waals surface area contributed by atoms with Gasteiger partial charge >= 0.3 is 6.18 Å². The third kappa shape index (κ3) is 3.47. The van der Waals surface area contributed by atoms with Crippen molar-refractivity contribution < 1.29 is 17.9 Å². The van der Waals surface area contributed by atoms with Gasteiger partial charge in [0.15, 0.2) is 0 Å². The summed E-state index contributed by atoms with van der Waals surface area (Å²) in [5.74, 6) is 0.453. The molecule has 2 rings (SSSR count). The van der Waals surface area contributed by atoms with Crippen molar-refractivity contribution in [1.29, 1.82) is 5.26 Å². The van der Waals surface area contributed by atoms with E-state index in [4.69, 9.17) is 15.7 Å². The monoisotopic (exact) mass is 356 g/mol. The van der Waals surface area contributed by atoms with Crippen molar-refractivity contribution in [3.63, 3.8) is 0 Å². The van der Waals surface area contributed by atoms with Gasteiger partial charge in [-0.05, 0) is 52.3 Å². The molecule has 2 aromatic carbocycles. The molecule has 3 nitrogen and oxygen atoms in total. The maximum absolute atomic E-state index is 12.5. The maximum atomic E-state index is 12.5. The van der Waals surface area contributed by atoms with E-state index in [1.54, 1.807) is 0 Å². The van der Waals surface area contributed by atoms with Gasteiger partial charge in [0.05, 0.1) is 27.4 Å². The smallest absolute Gasteiger partial charge is 0.416 e. The van der Waals surface area contributed by atoms with E-state index in [1.807, 2.05) is 6.07 Å². The molecule has 0 radical (unpaired) electrons. The average Bonchev–Trinajstić information content (AvgIpc) is 2.41. The molecule has 0 unspecified atom stereocenters. The van der Waals surface area contributed by atoms with Crippen LogP contribution >= 0.6 is 15.9 Å². The van der Waals surface area contributed by atoms with E-state index in [1.165, 1.54) is 18.2 Å². The second-order valence-electron chi connectivity index (χ2n) is 4.11. The minimum absolute atomic E-state index is 0.105. The van der Waals surface area contributed by atoms with Crippen molar-refractivity contribution in [2.24, 2.45) is 0 Å². The number of nitrogens with two attached hydrogens (primary N) is 1. The summed E-state index contributed by atoms with van der Waals surface area (Å²) in [6.45, 7) is 0. The van der Waals surface area contributed by atoms with E-state index in [2.05, 4.69) is 15.9 Å². The summed E-state index contributed by atoms with van der Waals surface area (Å²) in [7, 11) is 0. The lowest BCUT2D eigenvalue weighted by molar-refractivity contribution is -0.137. The van der Waals surface area contributed by atoms with Crippen molar-refractivity contribution in [2.75, 3.05) is 5.73 Å². The predicted octanol–water partition coefficient (Wildman–Crippen LogP) is 4.71. The molecule has 0 fully saturated rings. The van der Waals surface area contributed by atoms with Crippen LogP contribution in [-0.2, 0) is 6.18 Å². The largest absolute Gasteiger partial charge is 0.454 e. The molecule has 0 aliphatic heterocycles. The molecule has 2 N–H and O–H groups in total. The molecule has 0 aliphatic rings.